The second-order valence-corrected chi connectivity index (χ2v) is 7.26. The molecule has 0 fully saturated rings. The van der Waals surface area contributed by atoms with E-state index >= 15 is 0 Å². The molecule has 0 bridgehead atoms. The molecule has 0 saturated carbocycles. The van der Waals surface area contributed by atoms with Crippen molar-refractivity contribution in [2.24, 2.45) is 0 Å². The second-order valence-electron chi connectivity index (χ2n) is 3.66. The van der Waals surface area contributed by atoms with Crippen molar-refractivity contribution in [1.82, 2.24) is 0 Å². The van der Waals surface area contributed by atoms with E-state index in [9.17, 15) is 9.18 Å². The number of hydrogen-bond donors (Lipinski definition) is 0. The molecule has 0 N–H and O–H groups in total. The molecule has 0 aliphatic rings. The van der Waals surface area contributed by atoms with Gasteiger partial charge in [0.25, 0.3) is 0 Å². The van der Waals surface area contributed by atoms with Gasteiger partial charge in [0.05, 0.1) is 9.54 Å². The summed E-state index contributed by atoms with van der Waals surface area (Å²) in [6.07, 6.45) is 0.463. The van der Waals surface area contributed by atoms with Gasteiger partial charge in [-0.05, 0) is 52.3 Å². The van der Waals surface area contributed by atoms with E-state index < -0.39 is 0 Å². The van der Waals surface area contributed by atoms with Crippen molar-refractivity contribution in [1.29, 1.82) is 0 Å². The highest BCUT2D eigenvalue weighted by Gasteiger charge is 2.07. The Balaban J connectivity index is 1.83. The molecule has 1 aromatic heterocycles. The van der Waals surface area contributed by atoms with Gasteiger partial charge in [-0.1, -0.05) is 0 Å². The number of halogens is 2. The Hall–Kier alpha value is -0.650. The van der Waals surface area contributed by atoms with Crippen molar-refractivity contribution < 1.29 is 9.18 Å². The summed E-state index contributed by atoms with van der Waals surface area (Å²) in [7, 11) is 0. The van der Waals surface area contributed by atoms with Crippen LogP contribution >= 0.6 is 39.0 Å². The molecule has 0 amide bonds. The van der Waals surface area contributed by atoms with E-state index in [0.29, 0.717) is 12.2 Å². The SMILES string of the molecule is O=C(CSc1ccc(F)cc1)Cc1ccc(Br)s1. The number of Topliss-reactive ketones (excluding diaryl/α,β-unsaturated/α-hetero) is 1. The standard InChI is InChI=1S/C13H10BrFOS2/c14-13-6-5-12(18-13)7-10(16)8-17-11-3-1-9(15)2-4-11/h1-6H,7-8H2. The molecule has 2 aromatic rings. The Bertz CT molecular complexity index is 536. The monoisotopic (exact) mass is 344 g/mol. The van der Waals surface area contributed by atoms with Gasteiger partial charge < -0.3 is 0 Å². The van der Waals surface area contributed by atoms with Crippen molar-refractivity contribution in [2.75, 3.05) is 5.75 Å². The normalized spacial score (nSPS) is 10.6. The molecule has 0 aliphatic carbocycles. The number of rotatable bonds is 5. The molecule has 0 radical (unpaired) electrons. The van der Waals surface area contributed by atoms with E-state index in [4.69, 9.17) is 0 Å². The summed E-state index contributed by atoms with van der Waals surface area (Å²) in [4.78, 5) is 13.7. The summed E-state index contributed by atoms with van der Waals surface area (Å²) in [6.45, 7) is 0. The van der Waals surface area contributed by atoms with Crippen LogP contribution in [0.2, 0.25) is 0 Å². The first-order valence-electron chi connectivity index (χ1n) is 5.28. The molecule has 0 unspecified atom stereocenters. The number of ketones is 1. The topological polar surface area (TPSA) is 17.1 Å². The zero-order valence-corrected chi connectivity index (χ0v) is 12.6. The van der Waals surface area contributed by atoms with Crippen LogP contribution in [0, 0.1) is 5.82 Å². The van der Waals surface area contributed by atoms with Crippen LogP contribution in [-0.4, -0.2) is 11.5 Å². The molecular weight excluding hydrogens is 335 g/mol. The number of carbonyl (C=O) groups is 1. The van der Waals surface area contributed by atoms with Crippen LogP contribution in [0.3, 0.4) is 0 Å². The molecule has 1 heterocycles. The molecule has 1 nitrogen and oxygen atoms in total. The molecule has 5 heteroatoms. The van der Waals surface area contributed by atoms with Crippen LogP contribution in [-0.2, 0) is 11.2 Å². The zero-order chi connectivity index (χ0) is 13.0. The fourth-order valence-corrected chi connectivity index (χ4v) is 3.66. The summed E-state index contributed by atoms with van der Waals surface area (Å²) in [5, 5.41) is 0. The fraction of sp³-hybridized carbons (Fsp3) is 0.154. The smallest absolute Gasteiger partial charge is 0.148 e. The van der Waals surface area contributed by atoms with Gasteiger partial charge >= 0.3 is 0 Å². The molecule has 0 atom stereocenters. The fourth-order valence-electron chi connectivity index (χ4n) is 1.39. The van der Waals surface area contributed by atoms with E-state index in [1.165, 1.54) is 23.9 Å². The van der Waals surface area contributed by atoms with Crippen molar-refractivity contribution in [3.63, 3.8) is 0 Å². The lowest BCUT2D eigenvalue weighted by molar-refractivity contribution is -0.115. The lowest BCUT2D eigenvalue weighted by Gasteiger charge is -2.00. The summed E-state index contributed by atoms with van der Waals surface area (Å²) < 4.78 is 13.7. The number of benzene rings is 1. The van der Waals surface area contributed by atoms with Gasteiger partial charge in [0.2, 0.25) is 0 Å². The molecule has 2 rings (SSSR count). The first-order chi connectivity index (χ1) is 8.63. The Labute approximate surface area is 122 Å². The molecule has 0 spiro atoms. The highest BCUT2D eigenvalue weighted by atomic mass is 79.9. The third kappa shape index (κ3) is 4.23. The molecule has 1 aromatic carbocycles. The van der Waals surface area contributed by atoms with E-state index in [1.807, 2.05) is 12.1 Å². The molecule has 0 aliphatic heterocycles. The van der Waals surface area contributed by atoms with Gasteiger partial charge in [-0.2, -0.15) is 0 Å². The van der Waals surface area contributed by atoms with Gasteiger partial charge in [0.15, 0.2) is 0 Å². The van der Waals surface area contributed by atoms with E-state index in [2.05, 4.69) is 15.9 Å². The lowest BCUT2D eigenvalue weighted by Crippen LogP contribution is -2.04. The minimum atomic E-state index is -0.255. The van der Waals surface area contributed by atoms with Crippen molar-refractivity contribution >= 4 is 44.8 Å². The Kier molecular flexibility index (Phi) is 4.97. The molecule has 18 heavy (non-hydrogen) atoms. The quantitative estimate of drug-likeness (QED) is 0.740. The molecule has 94 valence electrons. The maximum atomic E-state index is 12.7. The van der Waals surface area contributed by atoms with Crippen molar-refractivity contribution in [2.45, 2.75) is 11.3 Å². The first-order valence-corrected chi connectivity index (χ1v) is 7.87. The lowest BCUT2D eigenvalue weighted by atomic mass is 10.3. The summed E-state index contributed by atoms with van der Waals surface area (Å²) in [5.41, 5.74) is 0. The van der Waals surface area contributed by atoms with Gasteiger partial charge in [0, 0.05) is 16.2 Å². The van der Waals surface area contributed by atoms with Gasteiger partial charge in [0.1, 0.15) is 11.6 Å². The summed E-state index contributed by atoms with van der Waals surface area (Å²) in [6, 6.07) is 10.1. The zero-order valence-electron chi connectivity index (χ0n) is 9.36. The Morgan fingerprint density at radius 3 is 2.56 bits per heavy atom. The van der Waals surface area contributed by atoms with E-state index in [1.54, 1.807) is 23.5 Å². The predicted molar refractivity (Wildman–Crippen MR) is 77.9 cm³/mol. The Morgan fingerprint density at radius 2 is 1.94 bits per heavy atom. The van der Waals surface area contributed by atoms with Crippen LogP contribution in [0.5, 0.6) is 0 Å². The minimum Gasteiger partial charge on any atom is -0.298 e. The average molecular weight is 345 g/mol. The van der Waals surface area contributed by atoms with Crippen LogP contribution in [0.1, 0.15) is 4.88 Å². The van der Waals surface area contributed by atoms with Gasteiger partial charge in [-0.3, -0.25) is 4.79 Å². The van der Waals surface area contributed by atoms with Crippen molar-refractivity contribution in [3.8, 4) is 0 Å². The van der Waals surface area contributed by atoms with Crippen LogP contribution in [0.25, 0.3) is 0 Å². The van der Waals surface area contributed by atoms with Crippen molar-refractivity contribution in [3.05, 3.63) is 50.9 Å². The van der Waals surface area contributed by atoms with Gasteiger partial charge in [-0.15, -0.1) is 23.1 Å². The average Bonchev–Trinajstić information content (AvgIpc) is 2.74. The largest absolute Gasteiger partial charge is 0.298 e. The highest BCUT2D eigenvalue weighted by Crippen LogP contribution is 2.24. The second kappa shape index (κ2) is 6.50. The van der Waals surface area contributed by atoms with Crippen LogP contribution in [0.4, 0.5) is 4.39 Å². The van der Waals surface area contributed by atoms with E-state index in [0.717, 1.165) is 13.6 Å². The Morgan fingerprint density at radius 1 is 1.22 bits per heavy atom. The van der Waals surface area contributed by atoms with Crippen LogP contribution in [0.15, 0.2) is 45.1 Å². The highest BCUT2D eigenvalue weighted by molar-refractivity contribution is 9.11. The molecule has 0 saturated heterocycles. The number of thiophene rings is 1. The number of hydrogen-bond acceptors (Lipinski definition) is 3. The predicted octanol–water partition coefficient (Wildman–Crippen LogP) is 4.55. The maximum Gasteiger partial charge on any atom is 0.148 e. The van der Waals surface area contributed by atoms with Gasteiger partial charge in [-0.25, -0.2) is 4.39 Å². The third-order valence-electron chi connectivity index (χ3n) is 2.21. The first kappa shape index (κ1) is 13.8. The van der Waals surface area contributed by atoms with E-state index in [-0.39, 0.29) is 11.6 Å². The third-order valence-corrected chi connectivity index (χ3v) is 4.91. The summed E-state index contributed by atoms with van der Waals surface area (Å²) in [5.74, 6) is 0.342. The molecular formula is C13H10BrFOS2. The maximum absolute atomic E-state index is 12.7. The van der Waals surface area contributed by atoms with Crippen LogP contribution < -0.4 is 0 Å². The minimum absolute atomic E-state index is 0.179. The number of thioether (sulfide) groups is 1. The number of carbonyl (C=O) groups excluding carboxylic acids is 1. The summed E-state index contributed by atoms with van der Waals surface area (Å²) >= 11 is 6.39.